The number of aromatic nitrogens is 6. The van der Waals surface area contributed by atoms with E-state index >= 15 is 0 Å². The van der Waals surface area contributed by atoms with Gasteiger partial charge in [-0.05, 0) is 72.1 Å². The molecule has 2 N–H and O–H groups in total. The largest absolute Gasteiger partial charge is 0.338 e. The van der Waals surface area contributed by atoms with Crippen molar-refractivity contribution in [1.82, 2.24) is 30.1 Å². The number of rotatable bonds is 3. The molecular weight excluding hydrogens is 403 g/mol. The van der Waals surface area contributed by atoms with Crippen LogP contribution in [0, 0.1) is 12.7 Å². The Bertz CT molecular complexity index is 1580. The number of nitrogens with zero attached hydrogens (tertiary/aromatic N) is 4. The van der Waals surface area contributed by atoms with Crippen LogP contribution in [0.1, 0.15) is 5.56 Å². The maximum atomic E-state index is 14.0. The second-order valence-corrected chi connectivity index (χ2v) is 7.72. The third-order valence-electron chi connectivity index (χ3n) is 5.52. The van der Waals surface area contributed by atoms with Crippen LogP contribution < -0.4 is 0 Å². The van der Waals surface area contributed by atoms with Gasteiger partial charge in [-0.2, -0.15) is 5.10 Å². The maximum Gasteiger partial charge on any atom is 0.138 e. The van der Waals surface area contributed by atoms with Gasteiger partial charge in [0.25, 0.3) is 0 Å². The Morgan fingerprint density at radius 3 is 2.59 bits per heavy atom. The van der Waals surface area contributed by atoms with Crippen molar-refractivity contribution in [3.8, 4) is 33.8 Å². The Balaban J connectivity index is 1.52. The summed E-state index contributed by atoms with van der Waals surface area (Å²) < 4.78 is 14.0. The third kappa shape index (κ3) is 3.02. The van der Waals surface area contributed by atoms with Gasteiger partial charge in [0, 0.05) is 29.5 Å². The molecule has 32 heavy (non-hydrogen) atoms. The number of aromatic amines is 2. The molecule has 5 heterocycles. The minimum Gasteiger partial charge on any atom is -0.338 e. The van der Waals surface area contributed by atoms with Crippen LogP contribution in [0.2, 0.25) is 0 Å². The minimum absolute atomic E-state index is 0.258. The van der Waals surface area contributed by atoms with Crippen molar-refractivity contribution in [3.05, 3.63) is 84.6 Å². The average molecular weight is 420 g/mol. The minimum atomic E-state index is -0.258. The van der Waals surface area contributed by atoms with E-state index in [-0.39, 0.29) is 5.82 Å². The van der Waals surface area contributed by atoms with Gasteiger partial charge >= 0.3 is 0 Å². The Hall–Kier alpha value is -4.39. The number of hydrogen-bond acceptors (Lipinski definition) is 4. The molecule has 0 aliphatic carbocycles. The van der Waals surface area contributed by atoms with Crippen molar-refractivity contribution in [2.75, 3.05) is 0 Å². The van der Waals surface area contributed by atoms with E-state index in [1.807, 2.05) is 49.4 Å². The SMILES string of the molecule is Cc1cc(F)cc(-c2ccnc3[nH]c(-c4n[nH]c5ccc(-c6ccncc6)nc45)cc23)c1. The first-order valence-corrected chi connectivity index (χ1v) is 10.2. The summed E-state index contributed by atoms with van der Waals surface area (Å²) in [6.07, 6.45) is 5.22. The molecule has 7 heteroatoms. The van der Waals surface area contributed by atoms with Crippen LogP contribution in [0.25, 0.3) is 55.8 Å². The topological polar surface area (TPSA) is 83.1 Å². The van der Waals surface area contributed by atoms with Gasteiger partial charge in [0.1, 0.15) is 22.7 Å². The molecule has 0 atom stereocenters. The molecule has 0 saturated heterocycles. The monoisotopic (exact) mass is 420 g/mol. The van der Waals surface area contributed by atoms with Gasteiger partial charge in [-0.25, -0.2) is 14.4 Å². The summed E-state index contributed by atoms with van der Waals surface area (Å²) in [7, 11) is 0. The number of H-pyrrole nitrogens is 2. The highest BCUT2D eigenvalue weighted by atomic mass is 19.1. The summed E-state index contributed by atoms with van der Waals surface area (Å²) in [4.78, 5) is 16.7. The van der Waals surface area contributed by atoms with Crippen molar-refractivity contribution in [2.45, 2.75) is 6.92 Å². The van der Waals surface area contributed by atoms with E-state index in [9.17, 15) is 4.39 Å². The predicted molar refractivity (Wildman–Crippen MR) is 122 cm³/mol. The van der Waals surface area contributed by atoms with Gasteiger partial charge in [-0.1, -0.05) is 6.07 Å². The Kier molecular flexibility index (Phi) is 4.07. The summed E-state index contributed by atoms with van der Waals surface area (Å²) >= 11 is 0. The van der Waals surface area contributed by atoms with Crippen LogP contribution >= 0.6 is 0 Å². The van der Waals surface area contributed by atoms with E-state index < -0.39 is 0 Å². The van der Waals surface area contributed by atoms with Crippen molar-refractivity contribution in [2.24, 2.45) is 0 Å². The molecule has 6 nitrogen and oxygen atoms in total. The highest BCUT2D eigenvalue weighted by Crippen LogP contribution is 2.33. The fourth-order valence-electron chi connectivity index (χ4n) is 4.07. The lowest BCUT2D eigenvalue weighted by molar-refractivity contribution is 0.627. The highest BCUT2D eigenvalue weighted by molar-refractivity contribution is 5.99. The van der Waals surface area contributed by atoms with Crippen molar-refractivity contribution in [1.29, 1.82) is 0 Å². The molecule has 0 radical (unpaired) electrons. The zero-order chi connectivity index (χ0) is 21.7. The number of aryl methyl sites for hydroxylation is 1. The molecule has 0 fully saturated rings. The first-order chi connectivity index (χ1) is 15.7. The Morgan fingerprint density at radius 2 is 1.75 bits per heavy atom. The van der Waals surface area contributed by atoms with Crippen molar-refractivity contribution < 1.29 is 4.39 Å². The molecule has 0 saturated carbocycles. The summed E-state index contributed by atoms with van der Waals surface area (Å²) in [5, 5.41) is 8.46. The van der Waals surface area contributed by atoms with Crippen LogP contribution in [0.3, 0.4) is 0 Å². The first-order valence-electron chi connectivity index (χ1n) is 10.2. The highest BCUT2D eigenvalue weighted by Gasteiger charge is 2.16. The standard InChI is InChI=1S/C25H17FN6/c1-14-10-16(12-17(26)11-14)18-6-9-28-25-19(18)13-22(30-25)24-23-21(31-32-24)3-2-20(29-23)15-4-7-27-8-5-15/h2-13H,1H3,(H,28,30)(H,31,32). The van der Waals surface area contributed by atoms with Crippen molar-refractivity contribution in [3.63, 3.8) is 0 Å². The molecule has 6 rings (SSSR count). The summed E-state index contributed by atoms with van der Waals surface area (Å²) in [6.45, 7) is 1.88. The van der Waals surface area contributed by atoms with Crippen LogP contribution in [-0.4, -0.2) is 30.1 Å². The quantitative estimate of drug-likeness (QED) is 0.386. The second kappa shape index (κ2) is 7.09. The van der Waals surface area contributed by atoms with Gasteiger partial charge < -0.3 is 4.98 Å². The van der Waals surface area contributed by atoms with E-state index in [4.69, 9.17) is 4.98 Å². The van der Waals surface area contributed by atoms with Crippen LogP contribution in [0.15, 0.2) is 73.2 Å². The number of halogens is 1. The van der Waals surface area contributed by atoms with Crippen molar-refractivity contribution >= 4 is 22.1 Å². The van der Waals surface area contributed by atoms with Crippen LogP contribution in [0.5, 0.6) is 0 Å². The third-order valence-corrected chi connectivity index (χ3v) is 5.52. The molecule has 0 bridgehead atoms. The molecule has 1 aromatic carbocycles. The number of hydrogen-bond donors (Lipinski definition) is 2. The molecule has 0 spiro atoms. The van der Waals surface area contributed by atoms with E-state index in [0.717, 1.165) is 50.1 Å². The van der Waals surface area contributed by atoms with Gasteiger partial charge in [0.15, 0.2) is 0 Å². The van der Waals surface area contributed by atoms with Crippen LogP contribution in [0.4, 0.5) is 4.39 Å². The zero-order valence-electron chi connectivity index (χ0n) is 17.1. The molecule has 5 aromatic heterocycles. The number of nitrogens with one attached hydrogen (secondary N) is 2. The lowest BCUT2D eigenvalue weighted by Crippen LogP contribution is -1.86. The molecular formula is C25H17FN6. The second-order valence-electron chi connectivity index (χ2n) is 7.72. The lowest BCUT2D eigenvalue weighted by atomic mass is 10.0. The van der Waals surface area contributed by atoms with Gasteiger partial charge in [-0.15, -0.1) is 0 Å². The van der Waals surface area contributed by atoms with Crippen LogP contribution in [-0.2, 0) is 0 Å². The fraction of sp³-hybridized carbons (Fsp3) is 0.0400. The van der Waals surface area contributed by atoms with E-state index in [2.05, 4.69) is 25.1 Å². The summed E-state index contributed by atoms with van der Waals surface area (Å²) in [5.41, 5.74) is 8.21. The molecule has 0 aliphatic heterocycles. The lowest BCUT2D eigenvalue weighted by Gasteiger charge is -2.05. The molecule has 6 aromatic rings. The number of benzene rings is 1. The average Bonchev–Trinajstić information content (AvgIpc) is 3.42. The predicted octanol–water partition coefficient (Wildman–Crippen LogP) is 5.68. The molecule has 154 valence electrons. The summed E-state index contributed by atoms with van der Waals surface area (Å²) in [6, 6.07) is 16.7. The fourth-order valence-corrected chi connectivity index (χ4v) is 4.07. The normalized spacial score (nSPS) is 11.4. The molecule has 0 unspecified atom stereocenters. The smallest absolute Gasteiger partial charge is 0.138 e. The number of pyridine rings is 3. The van der Waals surface area contributed by atoms with E-state index in [1.165, 1.54) is 6.07 Å². The van der Waals surface area contributed by atoms with E-state index in [0.29, 0.717) is 11.3 Å². The molecule has 0 aliphatic rings. The zero-order valence-corrected chi connectivity index (χ0v) is 17.1. The Labute approximate surface area is 182 Å². The maximum absolute atomic E-state index is 14.0. The number of fused-ring (bicyclic) bond motifs is 2. The first kappa shape index (κ1) is 18.4. The molecule has 0 amide bonds. The van der Waals surface area contributed by atoms with Gasteiger partial charge in [0.05, 0.1) is 16.9 Å². The van der Waals surface area contributed by atoms with Gasteiger partial charge in [0.2, 0.25) is 0 Å². The van der Waals surface area contributed by atoms with E-state index in [1.54, 1.807) is 24.7 Å². The summed E-state index contributed by atoms with van der Waals surface area (Å²) in [5.74, 6) is -0.258. The Morgan fingerprint density at radius 1 is 0.875 bits per heavy atom. The van der Waals surface area contributed by atoms with Gasteiger partial charge in [-0.3, -0.25) is 10.1 Å².